The Hall–Kier alpha value is -2.41. The van der Waals surface area contributed by atoms with E-state index in [1.54, 1.807) is 18.7 Å². The zero-order valence-electron chi connectivity index (χ0n) is 14.5. The van der Waals surface area contributed by atoms with Gasteiger partial charge in [0.15, 0.2) is 0 Å². The van der Waals surface area contributed by atoms with Crippen molar-refractivity contribution in [1.82, 2.24) is 4.90 Å². The van der Waals surface area contributed by atoms with Gasteiger partial charge in [-0.3, -0.25) is 9.59 Å². The van der Waals surface area contributed by atoms with Crippen LogP contribution in [0.15, 0.2) is 53.4 Å². The van der Waals surface area contributed by atoms with Gasteiger partial charge in [0, 0.05) is 35.4 Å². The van der Waals surface area contributed by atoms with Gasteiger partial charge in [0.1, 0.15) is 11.6 Å². The fraction of sp³-hybridized carbons (Fsp3) is 0.263. The first-order chi connectivity index (χ1) is 12.3. The van der Waals surface area contributed by atoms with E-state index in [2.05, 4.69) is 5.32 Å². The molecule has 0 fully saturated rings. The second-order valence-corrected chi connectivity index (χ2v) is 7.02. The molecule has 4 nitrogen and oxygen atoms in total. The van der Waals surface area contributed by atoms with Crippen LogP contribution in [0.5, 0.6) is 0 Å². The number of rotatable bonds is 7. The highest BCUT2D eigenvalue weighted by atomic mass is 32.2. The van der Waals surface area contributed by atoms with Crippen molar-refractivity contribution < 1.29 is 18.4 Å². The van der Waals surface area contributed by atoms with Crippen LogP contribution < -0.4 is 5.32 Å². The Bertz CT molecular complexity index is 751. The van der Waals surface area contributed by atoms with Crippen LogP contribution in [0.4, 0.5) is 14.5 Å². The fourth-order valence-corrected chi connectivity index (χ4v) is 3.24. The van der Waals surface area contributed by atoms with Crippen LogP contribution >= 0.6 is 11.8 Å². The summed E-state index contributed by atoms with van der Waals surface area (Å²) >= 11 is 1.57. The highest BCUT2D eigenvalue weighted by molar-refractivity contribution is 7.99. The lowest BCUT2D eigenvalue weighted by Crippen LogP contribution is -2.38. The van der Waals surface area contributed by atoms with Gasteiger partial charge in [-0.2, -0.15) is 0 Å². The highest BCUT2D eigenvalue weighted by Gasteiger charge is 2.20. The van der Waals surface area contributed by atoms with Gasteiger partial charge in [-0.25, -0.2) is 8.78 Å². The van der Waals surface area contributed by atoms with Crippen LogP contribution in [0.25, 0.3) is 0 Å². The summed E-state index contributed by atoms with van der Waals surface area (Å²) in [7, 11) is 1.53. The third-order valence-corrected chi connectivity index (χ3v) is 4.84. The molecule has 0 aliphatic carbocycles. The first-order valence-electron chi connectivity index (χ1n) is 8.04. The Labute approximate surface area is 155 Å². The lowest BCUT2D eigenvalue weighted by atomic mass is 10.2. The van der Waals surface area contributed by atoms with Crippen molar-refractivity contribution in [2.24, 2.45) is 5.92 Å². The predicted molar refractivity (Wildman–Crippen MR) is 99.0 cm³/mol. The summed E-state index contributed by atoms with van der Waals surface area (Å²) in [6.07, 6.45) is 0. The number of thioether (sulfide) groups is 1. The number of hydrogen-bond acceptors (Lipinski definition) is 3. The number of anilines is 1. The van der Waals surface area contributed by atoms with Crippen LogP contribution in [0.2, 0.25) is 0 Å². The van der Waals surface area contributed by atoms with Crippen LogP contribution in [0.1, 0.15) is 6.92 Å². The minimum absolute atomic E-state index is 0.0148. The van der Waals surface area contributed by atoms with E-state index in [1.165, 1.54) is 11.9 Å². The molecule has 0 saturated carbocycles. The zero-order valence-corrected chi connectivity index (χ0v) is 15.4. The van der Waals surface area contributed by atoms with Crippen LogP contribution in [-0.2, 0) is 9.59 Å². The van der Waals surface area contributed by atoms with E-state index in [1.807, 2.05) is 30.3 Å². The van der Waals surface area contributed by atoms with Crippen LogP contribution in [0.3, 0.4) is 0 Å². The van der Waals surface area contributed by atoms with Gasteiger partial charge in [0.05, 0.1) is 6.54 Å². The lowest BCUT2D eigenvalue weighted by molar-refractivity contribution is -0.135. The van der Waals surface area contributed by atoms with Crippen LogP contribution in [0, 0.1) is 17.6 Å². The number of nitrogens with zero attached hydrogens (tertiary/aromatic N) is 1. The molecule has 0 aliphatic rings. The molecule has 2 aromatic carbocycles. The largest absolute Gasteiger partial charge is 0.336 e. The maximum absolute atomic E-state index is 13.1. The van der Waals surface area contributed by atoms with E-state index >= 15 is 0 Å². The standard InChI is InChI=1S/C19H20F2N2O2S/c1-13(12-26-17-6-4-3-5-7-17)19(25)23(2)11-18(24)22-16-9-14(20)8-15(21)10-16/h3-10,13H,11-12H2,1-2H3,(H,22,24). The van der Waals surface area contributed by atoms with E-state index in [4.69, 9.17) is 0 Å². The Morgan fingerprint density at radius 1 is 1.12 bits per heavy atom. The minimum atomic E-state index is -0.781. The SMILES string of the molecule is CC(CSc1ccccc1)C(=O)N(C)CC(=O)Nc1cc(F)cc(F)c1. The number of carbonyl (C=O) groups excluding carboxylic acids is 2. The summed E-state index contributed by atoms with van der Waals surface area (Å²) < 4.78 is 26.3. The predicted octanol–water partition coefficient (Wildman–Crippen LogP) is 3.79. The van der Waals surface area contributed by atoms with E-state index in [0.717, 1.165) is 23.1 Å². The van der Waals surface area contributed by atoms with E-state index in [0.29, 0.717) is 5.75 Å². The molecule has 0 saturated heterocycles. The smallest absolute Gasteiger partial charge is 0.243 e. The van der Waals surface area contributed by atoms with Crippen molar-refractivity contribution in [2.45, 2.75) is 11.8 Å². The van der Waals surface area contributed by atoms with Gasteiger partial charge >= 0.3 is 0 Å². The Morgan fingerprint density at radius 2 is 1.73 bits per heavy atom. The zero-order chi connectivity index (χ0) is 19.1. The molecule has 0 aromatic heterocycles. The third-order valence-electron chi connectivity index (χ3n) is 3.57. The number of nitrogens with one attached hydrogen (secondary N) is 1. The number of benzene rings is 2. The summed E-state index contributed by atoms with van der Waals surface area (Å²) in [5.41, 5.74) is 0.0148. The third kappa shape index (κ3) is 6.15. The number of amides is 2. The normalized spacial score (nSPS) is 11.7. The van der Waals surface area contributed by atoms with Crippen molar-refractivity contribution in [3.8, 4) is 0 Å². The molecule has 7 heteroatoms. The maximum atomic E-state index is 13.1. The van der Waals surface area contributed by atoms with E-state index in [9.17, 15) is 18.4 Å². The van der Waals surface area contributed by atoms with Crippen molar-refractivity contribution >= 4 is 29.3 Å². The second-order valence-electron chi connectivity index (χ2n) is 5.93. The molecular weight excluding hydrogens is 358 g/mol. The summed E-state index contributed by atoms with van der Waals surface area (Å²) in [5.74, 6) is -1.94. The minimum Gasteiger partial charge on any atom is -0.336 e. The van der Waals surface area contributed by atoms with Gasteiger partial charge in [0.2, 0.25) is 11.8 Å². The quantitative estimate of drug-likeness (QED) is 0.746. The molecule has 0 spiro atoms. The molecule has 1 unspecified atom stereocenters. The fourth-order valence-electron chi connectivity index (χ4n) is 2.31. The Balaban J connectivity index is 1.84. The summed E-state index contributed by atoms with van der Waals surface area (Å²) in [6, 6.07) is 12.5. The monoisotopic (exact) mass is 378 g/mol. The van der Waals surface area contributed by atoms with Crippen molar-refractivity contribution in [3.05, 3.63) is 60.2 Å². The molecule has 0 bridgehead atoms. The highest BCUT2D eigenvalue weighted by Crippen LogP contribution is 2.21. The summed E-state index contributed by atoms with van der Waals surface area (Å²) in [5, 5.41) is 2.39. The molecular formula is C19H20F2N2O2S. The molecule has 2 amide bonds. The van der Waals surface area contributed by atoms with Crippen molar-refractivity contribution in [2.75, 3.05) is 24.7 Å². The molecule has 2 aromatic rings. The molecule has 0 aliphatic heterocycles. The topological polar surface area (TPSA) is 49.4 Å². The Morgan fingerprint density at radius 3 is 2.35 bits per heavy atom. The molecule has 26 heavy (non-hydrogen) atoms. The molecule has 1 N–H and O–H groups in total. The summed E-state index contributed by atoms with van der Waals surface area (Å²) in [6.45, 7) is 1.60. The summed E-state index contributed by atoms with van der Waals surface area (Å²) in [4.78, 5) is 26.7. The van der Waals surface area contributed by atoms with Crippen molar-refractivity contribution in [1.29, 1.82) is 0 Å². The molecule has 0 radical (unpaired) electrons. The van der Waals surface area contributed by atoms with Gasteiger partial charge in [-0.05, 0) is 24.3 Å². The maximum Gasteiger partial charge on any atom is 0.243 e. The average Bonchev–Trinajstić information content (AvgIpc) is 2.58. The number of hydrogen-bond donors (Lipinski definition) is 1. The van der Waals surface area contributed by atoms with E-state index < -0.39 is 17.5 Å². The van der Waals surface area contributed by atoms with Gasteiger partial charge in [-0.15, -0.1) is 11.8 Å². The number of halogens is 2. The van der Waals surface area contributed by atoms with Crippen molar-refractivity contribution in [3.63, 3.8) is 0 Å². The number of carbonyl (C=O) groups is 2. The van der Waals surface area contributed by atoms with E-state index in [-0.39, 0.29) is 24.1 Å². The first kappa shape index (κ1) is 19.9. The first-order valence-corrected chi connectivity index (χ1v) is 9.02. The van der Waals surface area contributed by atoms with Gasteiger partial charge in [0.25, 0.3) is 0 Å². The average molecular weight is 378 g/mol. The lowest BCUT2D eigenvalue weighted by Gasteiger charge is -2.21. The van der Waals surface area contributed by atoms with Crippen LogP contribution in [-0.4, -0.2) is 36.1 Å². The molecule has 0 heterocycles. The Kier molecular flexibility index (Phi) is 7.15. The molecule has 1 atom stereocenters. The molecule has 138 valence electrons. The van der Waals surface area contributed by atoms with Gasteiger partial charge < -0.3 is 10.2 Å². The molecule has 2 rings (SSSR count). The van der Waals surface area contributed by atoms with Gasteiger partial charge in [-0.1, -0.05) is 25.1 Å². The second kappa shape index (κ2) is 9.33. The number of likely N-dealkylation sites (N-methyl/N-ethyl adjacent to an activating group) is 1.